The lowest BCUT2D eigenvalue weighted by atomic mass is 9.90. The number of hydrogen-bond acceptors (Lipinski definition) is 4. The van der Waals surface area contributed by atoms with Crippen LogP contribution in [0.4, 0.5) is 0 Å². The van der Waals surface area contributed by atoms with Gasteiger partial charge < -0.3 is 18.6 Å². The van der Waals surface area contributed by atoms with Crippen molar-refractivity contribution in [3.05, 3.63) is 23.8 Å². The highest BCUT2D eigenvalue weighted by atomic mass is 127. The Hall–Kier alpha value is -0.530. The average Bonchev–Trinajstić information content (AvgIpc) is 2.51. The van der Waals surface area contributed by atoms with Gasteiger partial charge in [0.25, 0.3) is 0 Å². The van der Waals surface area contributed by atoms with Gasteiger partial charge in [-0.1, -0.05) is 19.3 Å². The molecule has 1 aromatic carbocycles. The summed E-state index contributed by atoms with van der Waals surface area (Å²) < 4.78 is 11.3. The van der Waals surface area contributed by atoms with Gasteiger partial charge in [0.05, 0.1) is 12.7 Å². The van der Waals surface area contributed by atoms with Crippen molar-refractivity contribution in [2.75, 3.05) is 13.2 Å². The molecule has 1 aromatic rings. The van der Waals surface area contributed by atoms with Crippen LogP contribution < -0.4 is 10.5 Å². The second kappa shape index (κ2) is 8.80. The number of phenols is 1. The highest BCUT2D eigenvalue weighted by Gasteiger charge is 2.16. The van der Waals surface area contributed by atoms with Gasteiger partial charge in [0, 0.05) is 6.07 Å². The third-order valence-electron chi connectivity index (χ3n) is 4.03. The average molecular weight is 405 g/mol. The Morgan fingerprint density at radius 3 is 2.67 bits per heavy atom. The Morgan fingerprint density at radius 1 is 1.24 bits per heavy atom. The first kappa shape index (κ1) is 16.8. The van der Waals surface area contributed by atoms with E-state index in [0.717, 1.165) is 12.2 Å². The number of ether oxygens (including phenoxy) is 1. The molecule has 1 saturated carbocycles. The molecule has 0 aromatic heterocycles. The molecule has 0 unspecified atom stereocenters. The summed E-state index contributed by atoms with van der Waals surface area (Å²) in [4.78, 5) is 0. The van der Waals surface area contributed by atoms with Crippen LogP contribution in [0.5, 0.6) is 11.5 Å². The number of halogens is 1. The first-order valence-electron chi connectivity index (χ1n) is 7.67. The zero-order chi connectivity index (χ0) is 15.1. The van der Waals surface area contributed by atoms with Crippen LogP contribution in [0.1, 0.15) is 50.2 Å². The predicted octanol–water partition coefficient (Wildman–Crippen LogP) is 4.11. The van der Waals surface area contributed by atoms with Crippen molar-refractivity contribution < 1.29 is 12.9 Å². The van der Waals surface area contributed by atoms with Gasteiger partial charge in [0.2, 0.25) is 0 Å². The minimum atomic E-state index is -0.111. The lowest BCUT2D eigenvalue weighted by molar-refractivity contribution is 0.207. The zero-order valence-corrected chi connectivity index (χ0v) is 14.4. The van der Waals surface area contributed by atoms with Gasteiger partial charge in [0.15, 0.2) is 0 Å². The largest absolute Gasteiger partial charge is 0.508 e. The minimum Gasteiger partial charge on any atom is -0.508 e. The van der Waals surface area contributed by atoms with Crippen LogP contribution in [-0.2, 0) is 3.07 Å². The van der Waals surface area contributed by atoms with E-state index in [2.05, 4.69) is 0 Å². The van der Waals surface area contributed by atoms with E-state index >= 15 is 0 Å². The molecule has 4 nitrogen and oxygen atoms in total. The summed E-state index contributed by atoms with van der Waals surface area (Å²) in [5.74, 6) is 1.57. The second-order valence-electron chi connectivity index (χ2n) is 5.73. The Morgan fingerprint density at radius 2 is 2.00 bits per heavy atom. The summed E-state index contributed by atoms with van der Waals surface area (Å²) >= 11 is 1.88. The van der Waals surface area contributed by atoms with Gasteiger partial charge in [-0.05, 0) is 49.4 Å². The van der Waals surface area contributed by atoms with E-state index < -0.39 is 0 Å². The fourth-order valence-corrected chi connectivity index (χ4v) is 3.40. The molecule has 5 heteroatoms. The fraction of sp³-hybridized carbons (Fsp3) is 0.625. The zero-order valence-electron chi connectivity index (χ0n) is 12.3. The molecule has 0 heterocycles. The van der Waals surface area contributed by atoms with Crippen molar-refractivity contribution in [1.82, 2.24) is 0 Å². The minimum absolute atomic E-state index is 0.111. The Balaban J connectivity index is 2.00. The summed E-state index contributed by atoms with van der Waals surface area (Å²) in [6.45, 7) is 1.27. The molecule has 118 valence electrons. The maximum absolute atomic E-state index is 9.87. The van der Waals surface area contributed by atoms with Crippen LogP contribution in [-0.4, -0.2) is 18.3 Å². The lowest BCUT2D eigenvalue weighted by Crippen LogP contribution is -2.15. The highest BCUT2D eigenvalue weighted by Crippen LogP contribution is 2.31. The van der Waals surface area contributed by atoms with Crippen molar-refractivity contribution in [3.8, 4) is 11.5 Å². The van der Waals surface area contributed by atoms with Crippen molar-refractivity contribution in [1.29, 1.82) is 0 Å². The summed E-state index contributed by atoms with van der Waals surface area (Å²) in [5.41, 5.74) is 6.51. The first-order chi connectivity index (χ1) is 10.2. The molecule has 1 aliphatic carbocycles. The van der Waals surface area contributed by atoms with Crippen LogP contribution in [0.25, 0.3) is 0 Å². The maximum Gasteiger partial charge on any atom is 0.123 e. The first-order valence-corrected chi connectivity index (χ1v) is 8.55. The van der Waals surface area contributed by atoms with Gasteiger partial charge >= 0.3 is 0 Å². The summed E-state index contributed by atoms with van der Waals surface area (Å²) in [6.07, 6.45) is 7.06. The summed E-state index contributed by atoms with van der Waals surface area (Å²) in [5, 5.41) is 9.87. The molecule has 0 bridgehead atoms. The van der Waals surface area contributed by atoms with Crippen LogP contribution >= 0.6 is 23.0 Å². The molecule has 0 radical (unpaired) electrons. The quantitative estimate of drug-likeness (QED) is 0.671. The SMILES string of the molecule is NCC[C@@H](OI)c1cc(O)cc(OCC2CCCCC2)c1. The van der Waals surface area contributed by atoms with Crippen LogP contribution in [0, 0.1) is 5.92 Å². The van der Waals surface area contributed by atoms with Crippen LogP contribution in [0.2, 0.25) is 0 Å². The molecule has 2 rings (SSSR count). The number of benzene rings is 1. The van der Waals surface area contributed by atoms with Crippen molar-refractivity contribution in [2.45, 2.75) is 44.6 Å². The molecule has 21 heavy (non-hydrogen) atoms. The third-order valence-corrected chi connectivity index (χ3v) is 4.65. The van der Waals surface area contributed by atoms with E-state index in [1.807, 2.05) is 29.1 Å². The number of rotatable bonds is 7. The predicted molar refractivity (Wildman–Crippen MR) is 91.7 cm³/mol. The second-order valence-corrected chi connectivity index (χ2v) is 6.24. The standard InChI is InChI=1S/C16H24INO3/c17-21-16(6-7-18)13-8-14(19)10-15(9-13)20-11-12-4-2-1-3-5-12/h8-10,12,16,19H,1-7,11,18H2/t16-/m1/s1. The molecule has 1 atom stereocenters. The molecular weight excluding hydrogens is 381 g/mol. The number of phenolic OH excluding ortho intramolecular Hbond substituents is 1. The normalized spacial score (nSPS) is 17.6. The van der Waals surface area contributed by atoms with Crippen molar-refractivity contribution in [3.63, 3.8) is 0 Å². The van der Waals surface area contributed by atoms with E-state index in [1.165, 1.54) is 32.1 Å². The van der Waals surface area contributed by atoms with Gasteiger partial charge in [-0.2, -0.15) is 0 Å². The summed E-state index contributed by atoms with van der Waals surface area (Å²) in [6, 6.07) is 5.33. The van der Waals surface area contributed by atoms with Crippen molar-refractivity contribution in [2.24, 2.45) is 11.7 Å². The third kappa shape index (κ3) is 5.30. The molecule has 0 spiro atoms. The van der Waals surface area contributed by atoms with Gasteiger partial charge in [0.1, 0.15) is 34.5 Å². The van der Waals surface area contributed by atoms with Gasteiger partial charge in [-0.25, -0.2) is 0 Å². The van der Waals surface area contributed by atoms with E-state index in [4.69, 9.17) is 13.5 Å². The molecule has 1 fully saturated rings. The Kier molecular flexibility index (Phi) is 7.06. The molecule has 0 saturated heterocycles. The molecule has 3 N–H and O–H groups in total. The van der Waals surface area contributed by atoms with E-state index in [1.54, 1.807) is 12.1 Å². The van der Waals surface area contributed by atoms with Crippen LogP contribution in [0.15, 0.2) is 18.2 Å². The van der Waals surface area contributed by atoms with E-state index in [-0.39, 0.29) is 11.9 Å². The molecule has 1 aliphatic rings. The van der Waals surface area contributed by atoms with Crippen molar-refractivity contribution >= 4 is 23.0 Å². The fourth-order valence-electron chi connectivity index (χ4n) is 2.86. The number of hydrogen-bond donors (Lipinski definition) is 2. The van der Waals surface area contributed by atoms with E-state index in [9.17, 15) is 5.11 Å². The van der Waals surface area contributed by atoms with Crippen LogP contribution in [0.3, 0.4) is 0 Å². The number of aromatic hydroxyl groups is 1. The Bertz CT molecular complexity index is 436. The monoisotopic (exact) mass is 405 g/mol. The lowest BCUT2D eigenvalue weighted by Gasteiger charge is -2.22. The summed E-state index contributed by atoms with van der Waals surface area (Å²) in [7, 11) is 0. The Labute approximate surface area is 140 Å². The number of nitrogens with two attached hydrogens (primary N) is 1. The molecule has 0 aliphatic heterocycles. The maximum atomic E-state index is 9.87. The van der Waals surface area contributed by atoms with Gasteiger partial charge in [-0.15, -0.1) is 0 Å². The topological polar surface area (TPSA) is 64.7 Å². The van der Waals surface area contributed by atoms with E-state index in [0.29, 0.717) is 24.6 Å². The highest BCUT2D eigenvalue weighted by molar-refractivity contribution is 14.1. The smallest absolute Gasteiger partial charge is 0.123 e. The van der Waals surface area contributed by atoms with Gasteiger partial charge in [-0.3, -0.25) is 0 Å². The molecular formula is C16H24INO3. The molecule has 0 amide bonds.